The van der Waals surface area contributed by atoms with Gasteiger partial charge in [0.2, 0.25) is 0 Å². The van der Waals surface area contributed by atoms with Gasteiger partial charge in [-0.1, -0.05) is 30.3 Å². The zero-order valence-electron chi connectivity index (χ0n) is 12.8. The third-order valence-electron chi connectivity index (χ3n) is 4.17. The molecule has 0 N–H and O–H groups in total. The molecule has 0 spiro atoms. The lowest BCUT2D eigenvalue weighted by Crippen LogP contribution is -2.03. The van der Waals surface area contributed by atoms with Crippen LogP contribution >= 0.6 is 0 Å². The van der Waals surface area contributed by atoms with Gasteiger partial charge < -0.3 is 0 Å². The minimum absolute atomic E-state index is 0.231. The molecule has 2 aromatic rings. The molecule has 1 nitrogen and oxygen atoms in total. The zero-order valence-corrected chi connectivity index (χ0v) is 12.8. The highest BCUT2D eigenvalue weighted by Gasteiger charge is 2.08. The van der Waals surface area contributed by atoms with Crippen molar-refractivity contribution >= 4 is 5.78 Å². The van der Waals surface area contributed by atoms with E-state index in [1.807, 2.05) is 18.2 Å². The maximum atomic E-state index is 12.3. The van der Waals surface area contributed by atoms with Gasteiger partial charge in [0.15, 0.2) is 5.78 Å². The molecule has 0 amide bonds. The van der Waals surface area contributed by atoms with Gasteiger partial charge in [0.05, 0.1) is 0 Å². The summed E-state index contributed by atoms with van der Waals surface area (Å²) in [5.41, 5.74) is 7.13. The van der Waals surface area contributed by atoms with E-state index in [0.29, 0.717) is 6.42 Å². The highest BCUT2D eigenvalue weighted by Crippen LogP contribution is 2.17. The fourth-order valence-corrected chi connectivity index (χ4v) is 2.39. The summed E-state index contributed by atoms with van der Waals surface area (Å²) in [6, 6.07) is 12.3. The van der Waals surface area contributed by atoms with Crippen molar-refractivity contribution in [3.63, 3.8) is 0 Å². The molecular formula is C19H22O. The normalized spacial score (nSPS) is 10.6. The Kier molecular flexibility index (Phi) is 4.39. The first-order valence-electron chi connectivity index (χ1n) is 7.14. The van der Waals surface area contributed by atoms with Gasteiger partial charge in [0.25, 0.3) is 0 Å². The van der Waals surface area contributed by atoms with E-state index in [0.717, 1.165) is 12.0 Å². The van der Waals surface area contributed by atoms with Crippen LogP contribution in [0.4, 0.5) is 0 Å². The second kappa shape index (κ2) is 6.04. The van der Waals surface area contributed by atoms with E-state index >= 15 is 0 Å². The topological polar surface area (TPSA) is 17.1 Å². The average Bonchev–Trinajstić information content (AvgIpc) is 2.43. The lowest BCUT2D eigenvalue weighted by Gasteiger charge is -2.09. The Balaban J connectivity index is 2.08. The smallest absolute Gasteiger partial charge is 0.163 e. The Morgan fingerprint density at radius 1 is 0.900 bits per heavy atom. The molecule has 0 aromatic heterocycles. The molecule has 0 bridgehead atoms. The van der Waals surface area contributed by atoms with E-state index in [1.165, 1.54) is 27.8 Å². The van der Waals surface area contributed by atoms with Crippen molar-refractivity contribution in [1.82, 2.24) is 0 Å². The first-order chi connectivity index (χ1) is 9.49. The maximum absolute atomic E-state index is 12.3. The molecule has 0 fully saturated rings. The molecule has 1 heteroatoms. The Morgan fingerprint density at radius 2 is 1.65 bits per heavy atom. The number of aryl methyl sites for hydroxylation is 4. The summed E-state index contributed by atoms with van der Waals surface area (Å²) in [6.45, 7) is 8.37. The Labute approximate surface area is 121 Å². The summed E-state index contributed by atoms with van der Waals surface area (Å²) in [5.74, 6) is 0.231. The van der Waals surface area contributed by atoms with Crippen molar-refractivity contribution in [2.75, 3.05) is 0 Å². The van der Waals surface area contributed by atoms with E-state index in [4.69, 9.17) is 0 Å². The summed E-state index contributed by atoms with van der Waals surface area (Å²) in [6.07, 6.45) is 1.39. The van der Waals surface area contributed by atoms with Crippen LogP contribution < -0.4 is 0 Å². The van der Waals surface area contributed by atoms with E-state index in [1.54, 1.807) is 0 Å². The van der Waals surface area contributed by atoms with E-state index in [9.17, 15) is 4.79 Å². The molecule has 0 aliphatic carbocycles. The molecule has 0 heterocycles. The number of hydrogen-bond acceptors (Lipinski definition) is 1. The van der Waals surface area contributed by atoms with Gasteiger partial charge >= 0.3 is 0 Å². The number of hydrogen-bond donors (Lipinski definition) is 0. The first kappa shape index (κ1) is 14.5. The fraction of sp³-hybridized carbons (Fsp3) is 0.316. The fourth-order valence-electron chi connectivity index (χ4n) is 2.39. The number of ketones is 1. The molecule has 0 aliphatic heterocycles. The van der Waals surface area contributed by atoms with Crippen LogP contribution in [0.3, 0.4) is 0 Å². The summed E-state index contributed by atoms with van der Waals surface area (Å²) in [5, 5.41) is 0. The van der Waals surface area contributed by atoms with Crippen LogP contribution in [0, 0.1) is 27.7 Å². The second-order valence-electron chi connectivity index (χ2n) is 5.58. The Bertz CT molecular complexity index is 638. The number of Topliss-reactive ketones (excluding diaryl/α,β-unsaturated/α-hetero) is 1. The Hall–Kier alpha value is -1.89. The van der Waals surface area contributed by atoms with Gasteiger partial charge in [0, 0.05) is 12.0 Å². The van der Waals surface area contributed by atoms with Crippen LogP contribution in [-0.4, -0.2) is 5.78 Å². The average molecular weight is 266 g/mol. The van der Waals surface area contributed by atoms with Gasteiger partial charge in [-0.05, 0) is 68.0 Å². The summed E-state index contributed by atoms with van der Waals surface area (Å²) in [4.78, 5) is 12.3. The highest BCUT2D eigenvalue weighted by atomic mass is 16.1. The molecule has 20 heavy (non-hydrogen) atoms. The monoisotopic (exact) mass is 266 g/mol. The quantitative estimate of drug-likeness (QED) is 0.731. The third-order valence-corrected chi connectivity index (χ3v) is 4.17. The molecule has 0 saturated carbocycles. The predicted octanol–water partition coefficient (Wildman–Crippen LogP) is 4.74. The van der Waals surface area contributed by atoms with E-state index < -0.39 is 0 Å². The summed E-state index contributed by atoms with van der Waals surface area (Å²) < 4.78 is 0. The molecule has 0 unspecified atom stereocenters. The van der Waals surface area contributed by atoms with Crippen LogP contribution in [0.25, 0.3) is 0 Å². The van der Waals surface area contributed by atoms with Crippen LogP contribution in [0.5, 0.6) is 0 Å². The Morgan fingerprint density at radius 3 is 2.35 bits per heavy atom. The molecule has 0 atom stereocenters. The third kappa shape index (κ3) is 3.16. The molecule has 104 valence electrons. The van der Waals surface area contributed by atoms with Gasteiger partial charge in [-0.25, -0.2) is 0 Å². The zero-order chi connectivity index (χ0) is 14.7. The molecular weight excluding hydrogens is 244 g/mol. The van der Waals surface area contributed by atoms with Crippen molar-refractivity contribution in [2.45, 2.75) is 40.5 Å². The number of carbonyl (C=O) groups excluding carboxylic acids is 1. The van der Waals surface area contributed by atoms with Crippen molar-refractivity contribution in [3.05, 3.63) is 69.8 Å². The van der Waals surface area contributed by atoms with Crippen molar-refractivity contribution < 1.29 is 4.79 Å². The van der Waals surface area contributed by atoms with Gasteiger partial charge in [-0.15, -0.1) is 0 Å². The van der Waals surface area contributed by atoms with Crippen molar-refractivity contribution in [3.8, 4) is 0 Å². The highest BCUT2D eigenvalue weighted by molar-refractivity contribution is 5.96. The minimum Gasteiger partial charge on any atom is -0.294 e. The van der Waals surface area contributed by atoms with Crippen LogP contribution in [0.2, 0.25) is 0 Å². The molecule has 0 radical (unpaired) electrons. The van der Waals surface area contributed by atoms with Gasteiger partial charge in [-0.3, -0.25) is 4.79 Å². The predicted molar refractivity (Wildman–Crippen MR) is 84.5 cm³/mol. The van der Waals surface area contributed by atoms with Gasteiger partial charge in [-0.2, -0.15) is 0 Å². The first-order valence-corrected chi connectivity index (χ1v) is 7.14. The number of rotatable bonds is 4. The lowest BCUT2D eigenvalue weighted by atomic mass is 9.96. The van der Waals surface area contributed by atoms with Crippen molar-refractivity contribution in [2.24, 2.45) is 0 Å². The summed E-state index contributed by atoms with van der Waals surface area (Å²) in [7, 11) is 0. The molecule has 0 aliphatic rings. The second-order valence-corrected chi connectivity index (χ2v) is 5.58. The minimum atomic E-state index is 0.231. The van der Waals surface area contributed by atoms with E-state index in [2.05, 4.69) is 45.9 Å². The maximum Gasteiger partial charge on any atom is 0.163 e. The lowest BCUT2D eigenvalue weighted by molar-refractivity contribution is 0.0982. The number of carbonyl (C=O) groups is 1. The molecule has 0 saturated heterocycles. The van der Waals surface area contributed by atoms with Crippen LogP contribution in [0.1, 0.15) is 44.6 Å². The van der Waals surface area contributed by atoms with E-state index in [-0.39, 0.29) is 5.78 Å². The molecule has 2 rings (SSSR count). The van der Waals surface area contributed by atoms with Crippen molar-refractivity contribution in [1.29, 1.82) is 0 Å². The SMILES string of the molecule is Cc1ccc(C(=O)CCc2cccc(C)c2C)cc1C. The van der Waals surface area contributed by atoms with Crippen LogP contribution in [-0.2, 0) is 6.42 Å². The van der Waals surface area contributed by atoms with Gasteiger partial charge in [0.1, 0.15) is 0 Å². The van der Waals surface area contributed by atoms with Crippen LogP contribution in [0.15, 0.2) is 36.4 Å². The standard InChI is InChI=1S/C19H22O/c1-13-8-9-18(12-15(13)3)19(20)11-10-17-7-5-6-14(2)16(17)4/h5-9,12H,10-11H2,1-4H3. The summed E-state index contributed by atoms with van der Waals surface area (Å²) >= 11 is 0. The largest absolute Gasteiger partial charge is 0.294 e. The molecule has 2 aromatic carbocycles. The number of benzene rings is 2.